The number of nitrogens with zero attached hydrogens (tertiary/aromatic N) is 2. The lowest BCUT2D eigenvalue weighted by Gasteiger charge is -2.29. The second kappa shape index (κ2) is 13.1. The van der Waals surface area contributed by atoms with Gasteiger partial charge >= 0.3 is 5.97 Å². The molecule has 0 spiro atoms. The van der Waals surface area contributed by atoms with Crippen LogP contribution in [0.3, 0.4) is 0 Å². The van der Waals surface area contributed by atoms with Gasteiger partial charge in [-0.3, -0.25) is 9.59 Å². The van der Waals surface area contributed by atoms with E-state index in [4.69, 9.17) is 4.74 Å². The monoisotopic (exact) mass is 625 g/mol. The highest BCUT2D eigenvalue weighted by Gasteiger charge is 2.44. The normalized spacial score (nSPS) is 19.0. The van der Waals surface area contributed by atoms with Crippen molar-refractivity contribution in [1.29, 1.82) is 0 Å². The fraction of sp³-hybridized carbons (Fsp3) is 0.406. The number of hydrogen-bond acceptors (Lipinski definition) is 7. The summed E-state index contributed by atoms with van der Waals surface area (Å²) >= 11 is 4.51. The summed E-state index contributed by atoms with van der Waals surface area (Å²) < 4.78 is 34.9. The number of nitrogens with one attached hydrogen (secondary N) is 1. The number of thiol groups is 1. The Kier molecular flexibility index (Phi) is 9.88. The van der Waals surface area contributed by atoms with E-state index in [1.807, 2.05) is 36.4 Å². The molecule has 1 heterocycles. The van der Waals surface area contributed by atoms with Gasteiger partial charge in [0.2, 0.25) is 21.8 Å². The lowest BCUT2D eigenvalue weighted by molar-refractivity contribution is -0.137. The molecule has 11 heteroatoms. The molecule has 230 valence electrons. The van der Waals surface area contributed by atoms with E-state index in [1.165, 1.54) is 6.07 Å². The summed E-state index contributed by atoms with van der Waals surface area (Å²) in [5, 5.41) is 13.8. The van der Waals surface area contributed by atoms with Gasteiger partial charge in [0, 0.05) is 11.8 Å². The van der Waals surface area contributed by atoms with Crippen LogP contribution in [0.15, 0.2) is 76.6 Å². The molecule has 0 bridgehead atoms. The number of sulfonamides is 1. The Balaban J connectivity index is 1.66. The topological polar surface area (TPSA) is 125 Å². The number of carboxylic acid groups (broad SMARTS) is 1. The molecule has 4 rings (SSSR count). The van der Waals surface area contributed by atoms with Crippen molar-refractivity contribution in [3.8, 4) is 0 Å². The Labute approximate surface area is 258 Å². The number of rotatable bonds is 9. The quantitative estimate of drug-likeness (QED) is 0.163. The summed E-state index contributed by atoms with van der Waals surface area (Å²) in [6.07, 6.45) is -0.357. The molecular formula is C32H39N3O6S2. The van der Waals surface area contributed by atoms with E-state index in [-0.39, 0.29) is 29.0 Å². The molecule has 0 aliphatic carbocycles. The van der Waals surface area contributed by atoms with Crippen LogP contribution in [0.5, 0.6) is 0 Å². The molecule has 1 aliphatic heterocycles. The molecule has 43 heavy (non-hydrogen) atoms. The molecule has 9 nitrogen and oxygen atoms in total. The van der Waals surface area contributed by atoms with Crippen molar-refractivity contribution in [1.82, 2.24) is 9.62 Å². The molecule has 0 aromatic heterocycles. The highest BCUT2D eigenvalue weighted by molar-refractivity contribution is 7.89. The summed E-state index contributed by atoms with van der Waals surface area (Å²) in [6, 6.07) is 17.5. The Bertz CT molecular complexity index is 1610. The number of aliphatic imine (C=N–C) groups is 1. The lowest BCUT2D eigenvalue weighted by Crippen LogP contribution is -2.52. The van der Waals surface area contributed by atoms with Crippen LogP contribution < -0.4 is 5.32 Å². The molecule has 1 fully saturated rings. The number of carboxylic acids is 1. The maximum Gasteiger partial charge on any atom is 0.305 e. The average molecular weight is 626 g/mol. The largest absolute Gasteiger partial charge is 0.481 e. The van der Waals surface area contributed by atoms with Gasteiger partial charge < -0.3 is 15.2 Å². The van der Waals surface area contributed by atoms with Crippen LogP contribution in [0.2, 0.25) is 0 Å². The van der Waals surface area contributed by atoms with E-state index in [1.54, 1.807) is 45.0 Å². The number of ether oxygens (including phenoxy) is 1. The van der Waals surface area contributed by atoms with E-state index in [9.17, 15) is 23.1 Å². The average Bonchev–Trinajstić information content (AvgIpc) is 3.34. The first-order valence-corrected chi connectivity index (χ1v) is 16.2. The van der Waals surface area contributed by atoms with E-state index < -0.39 is 46.0 Å². The summed E-state index contributed by atoms with van der Waals surface area (Å²) in [6.45, 7) is 9.57. The van der Waals surface area contributed by atoms with Crippen LogP contribution in [0.25, 0.3) is 10.8 Å². The van der Waals surface area contributed by atoms with Gasteiger partial charge in [0.15, 0.2) is 0 Å². The van der Waals surface area contributed by atoms with Crippen molar-refractivity contribution in [2.75, 3.05) is 6.54 Å². The van der Waals surface area contributed by atoms with Crippen molar-refractivity contribution in [3.05, 3.63) is 72.3 Å². The highest BCUT2D eigenvalue weighted by atomic mass is 32.2. The van der Waals surface area contributed by atoms with Crippen LogP contribution in [-0.2, 0) is 24.3 Å². The standard InChI is InChI=1S/C32H39N3O6S2/c1-20(2)21-10-13-24(14-11-21)33-31(41-32(3,4)5)27(18-29(36)37)34-30(38)28-17-25(42)19-35(28)43(39,40)26-15-12-22-8-6-7-9-23(22)16-26/h6-16,20,25,27-28,42H,17-19H2,1-5H3,(H,34,38)(H,36,37)/t25-,27+,28+/m1/s1. The number of carbonyl (C=O) groups excluding carboxylic acids is 1. The maximum absolute atomic E-state index is 13.8. The van der Waals surface area contributed by atoms with E-state index >= 15 is 0 Å². The summed E-state index contributed by atoms with van der Waals surface area (Å²) in [5.41, 5.74) is 0.890. The minimum atomic E-state index is -4.08. The second-order valence-corrected chi connectivity index (χ2v) is 14.7. The van der Waals surface area contributed by atoms with Gasteiger partial charge in [-0.2, -0.15) is 16.9 Å². The van der Waals surface area contributed by atoms with Crippen LogP contribution in [0, 0.1) is 0 Å². The molecule has 0 unspecified atom stereocenters. The number of hydrogen-bond donors (Lipinski definition) is 3. The minimum absolute atomic E-state index is 0.0184. The molecule has 3 aromatic rings. The summed E-state index contributed by atoms with van der Waals surface area (Å²) in [7, 11) is -4.08. The zero-order valence-electron chi connectivity index (χ0n) is 25.0. The van der Waals surface area contributed by atoms with Crippen LogP contribution in [0.1, 0.15) is 58.9 Å². The van der Waals surface area contributed by atoms with Gasteiger partial charge in [-0.1, -0.05) is 56.3 Å². The summed E-state index contributed by atoms with van der Waals surface area (Å²) in [4.78, 5) is 30.4. The molecule has 1 aliphatic rings. The maximum atomic E-state index is 13.8. The number of aliphatic carboxylic acids is 1. The fourth-order valence-electron chi connectivity index (χ4n) is 4.94. The first kappa shape index (κ1) is 32.5. The number of benzene rings is 3. The van der Waals surface area contributed by atoms with Crippen LogP contribution in [-0.4, -0.2) is 65.1 Å². The molecule has 0 saturated carbocycles. The van der Waals surface area contributed by atoms with Crippen molar-refractivity contribution in [2.24, 2.45) is 4.99 Å². The van der Waals surface area contributed by atoms with Gasteiger partial charge in [-0.25, -0.2) is 13.4 Å². The third-order valence-electron chi connectivity index (χ3n) is 7.07. The Morgan fingerprint density at radius 3 is 2.33 bits per heavy atom. The first-order valence-electron chi connectivity index (χ1n) is 14.2. The molecule has 2 N–H and O–H groups in total. The molecule has 1 saturated heterocycles. The Morgan fingerprint density at radius 1 is 1.07 bits per heavy atom. The van der Waals surface area contributed by atoms with Crippen molar-refractivity contribution in [3.63, 3.8) is 0 Å². The number of fused-ring (bicyclic) bond motifs is 1. The molecular weight excluding hydrogens is 587 g/mol. The predicted octanol–water partition coefficient (Wildman–Crippen LogP) is 5.53. The first-order chi connectivity index (χ1) is 20.1. The third kappa shape index (κ3) is 8.16. The van der Waals surface area contributed by atoms with Gasteiger partial charge in [0.1, 0.15) is 17.7 Å². The SMILES string of the molecule is CC(C)c1ccc(N=C(OC(C)(C)C)[C@H](CC(=O)O)NC(=O)[C@@H]2C[C@@H](S)CN2S(=O)(=O)c2ccc3ccccc3c2)cc1. The fourth-order valence-corrected chi connectivity index (χ4v) is 7.11. The molecule has 3 atom stereocenters. The Morgan fingerprint density at radius 2 is 1.72 bits per heavy atom. The van der Waals surface area contributed by atoms with Gasteiger partial charge in [-0.15, -0.1) is 0 Å². The van der Waals surface area contributed by atoms with Crippen molar-refractivity contribution >= 4 is 56.9 Å². The minimum Gasteiger partial charge on any atom is -0.481 e. The lowest BCUT2D eigenvalue weighted by atomic mass is 10.0. The highest BCUT2D eigenvalue weighted by Crippen LogP contribution is 2.31. The smallest absolute Gasteiger partial charge is 0.305 e. The number of amides is 1. The molecule has 3 aromatic carbocycles. The van der Waals surface area contributed by atoms with Crippen molar-refractivity contribution < 1.29 is 27.9 Å². The van der Waals surface area contributed by atoms with Crippen LogP contribution in [0.4, 0.5) is 5.69 Å². The van der Waals surface area contributed by atoms with E-state index in [0.717, 1.165) is 20.6 Å². The van der Waals surface area contributed by atoms with Crippen molar-refractivity contribution in [2.45, 2.75) is 81.2 Å². The van der Waals surface area contributed by atoms with Gasteiger partial charge in [0.05, 0.1) is 17.0 Å². The second-order valence-electron chi connectivity index (χ2n) is 12.1. The molecule has 0 radical (unpaired) electrons. The molecule has 1 amide bonds. The van der Waals surface area contributed by atoms with E-state index in [0.29, 0.717) is 11.6 Å². The summed E-state index contributed by atoms with van der Waals surface area (Å²) in [5.74, 6) is -1.49. The zero-order valence-corrected chi connectivity index (χ0v) is 26.7. The number of carbonyl (C=O) groups is 2. The van der Waals surface area contributed by atoms with Gasteiger partial charge in [-0.05, 0) is 73.7 Å². The predicted molar refractivity (Wildman–Crippen MR) is 172 cm³/mol. The Hall–Kier alpha value is -3.41. The van der Waals surface area contributed by atoms with Crippen LogP contribution >= 0.6 is 12.6 Å². The van der Waals surface area contributed by atoms with Gasteiger partial charge in [0.25, 0.3) is 0 Å². The third-order valence-corrected chi connectivity index (χ3v) is 9.31. The zero-order chi connectivity index (χ0) is 31.5. The van der Waals surface area contributed by atoms with E-state index in [2.05, 4.69) is 36.8 Å².